The minimum absolute atomic E-state index is 0.313. The quantitative estimate of drug-likeness (QED) is 0.842. The Kier molecular flexibility index (Phi) is 5.93. The third kappa shape index (κ3) is 4.84. The molecule has 0 aliphatic carbocycles. The zero-order valence-electron chi connectivity index (χ0n) is 10.4. The zero-order valence-corrected chi connectivity index (χ0v) is 11.9. The van der Waals surface area contributed by atoms with Crippen molar-refractivity contribution in [3.05, 3.63) is 33.8 Å². The summed E-state index contributed by atoms with van der Waals surface area (Å²) in [6.07, 6.45) is 0.577. The van der Waals surface area contributed by atoms with Crippen molar-refractivity contribution in [3.8, 4) is 0 Å². The predicted molar refractivity (Wildman–Crippen MR) is 74.2 cm³/mol. The number of hydrogen-bond donors (Lipinski definition) is 2. The van der Waals surface area contributed by atoms with E-state index in [4.69, 9.17) is 28.3 Å². The maximum atomic E-state index is 11.1. The summed E-state index contributed by atoms with van der Waals surface area (Å²) in [4.78, 5) is 11.1. The first-order valence-electron chi connectivity index (χ1n) is 5.80. The minimum Gasteiger partial charge on any atom is -0.480 e. The Labute approximate surface area is 117 Å². The number of nitrogens with one attached hydrogen (secondary N) is 1. The van der Waals surface area contributed by atoms with Gasteiger partial charge in [0.2, 0.25) is 0 Å². The lowest BCUT2D eigenvalue weighted by Gasteiger charge is -2.17. The molecule has 0 aliphatic rings. The highest BCUT2D eigenvalue weighted by atomic mass is 35.5. The van der Waals surface area contributed by atoms with Crippen molar-refractivity contribution >= 4 is 29.2 Å². The second kappa shape index (κ2) is 6.98. The van der Waals surface area contributed by atoms with Crippen molar-refractivity contribution in [1.82, 2.24) is 5.32 Å². The summed E-state index contributed by atoms with van der Waals surface area (Å²) in [7, 11) is 0. The van der Waals surface area contributed by atoms with E-state index in [0.29, 0.717) is 28.9 Å². The van der Waals surface area contributed by atoms with Crippen molar-refractivity contribution in [3.63, 3.8) is 0 Å². The van der Waals surface area contributed by atoms with Gasteiger partial charge in [0, 0.05) is 16.6 Å². The van der Waals surface area contributed by atoms with E-state index in [1.807, 2.05) is 13.8 Å². The molecular formula is C13H17Cl2NO2. The number of rotatable bonds is 6. The Hall–Kier alpha value is -0.770. The summed E-state index contributed by atoms with van der Waals surface area (Å²) in [5, 5.41) is 13.3. The van der Waals surface area contributed by atoms with Gasteiger partial charge in [-0.15, -0.1) is 0 Å². The van der Waals surface area contributed by atoms with Crippen LogP contribution in [0.5, 0.6) is 0 Å². The van der Waals surface area contributed by atoms with Gasteiger partial charge >= 0.3 is 5.97 Å². The zero-order chi connectivity index (χ0) is 13.7. The van der Waals surface area contributed by atoms with E-state index in [1.54, 1.807) is 18.2 Å². The lowest BCUT2D eigenvalue weighted by molar-refractivity contribution is -0.140. The molecule has 2 N–H and O–H groups in total. The summed E-state index contributed by atoms with van der Waals surface area (Å²) < 4.78 is 0. The van der Waals surface area contributed by atoms with Gasteiger partial charge in [0.15, 0.2) is 0 Å². The molecule has 100 valence electrons. The topological polar surface area (TPSA) is 49.3 Å². The Morgan fingerprint density at radius 3 is 2.61 bits per heavy atom. The molecule has 1 atom stereocenters. The van der Waals surface area contributed by atoms with Crippen LogP contribution in [0.25, 0.3) is 0 Å². The van der Waals surface area contributed by atoms with E-state index in [2.05, 4.69) is 5.32 Å². The highest BCUT2D eigenvalue weighted by Gasteiger charge is 2.18. The summed E-state index contributed by atoms with van der Waals surface area (Å²) in [6, 6.07) is 4.58. The Morgan fingerprint density at radius 2 is 2.06 bits per heavy atom. The van der Waals surface area contributed by atoms with Crippen molar-refractivity contribution < 1.29 is 9.90 Å². The summed E-state index contributed by atoms with van der Waals surface area (Å²) in [6.45, 7) is 4.37. The number of carbonyl (C=O) groups is 1. The van der Waals surface area contributed by atoms with E-state index < -0.39 is 12.0 Å². The molecule has 0 bridgehead atoms. The average molecular weight is 290 g/mol. The van der Waals surface area contributed by atoms with Gasteiger partial charge in [-0.25, -0.2) is 0 Å². The monoisotopic (exact) mass is 289 g/mol. The lowest BCUT2D eigenvalue weighted by atomic mass is 10.0. The van der Waals surface area contributed by atoms with Crippen LogP contribution < -0.4 is 5.32 Å². The van der Waals surface area contributed by atoms with Crippen LogP contribution in [0, 0.1) is 5.92 Å². The van der Waals surface area contributed by atoms with E-state index in [1.165, 1.54) is 0 Å². The molecule has 1 aromatic carbocycles. The fourth-order valence-electron chi connectivity index (χ4n) is 1.65. The van der Waals surface area contributed by atoms with E-state index in [9.17, 15) is 4.79 Å². The van der Waals surface area contributed by atoms with Crippen LogP contribution in [-0.2, 0) is 11.3 Å². The van der Waals surface area contributed by atoms with E-state index >= 15 is 0 Å². The molecule has 0 radical (unpaired) electrons. The molecule has 0 spiro atoms. The Balaban J connectivity index is 2.66. The van der Waals surface area contributed by atoms with Gasteiger partial charge in [-0.1, -0.05) is 37.0 Å². The van der Waals surface area contributed by atoms with Gasteiger partial charge < -0.3 is 10.4 Å². The normalized spacial score (nSPS) is 12.7. The van der Waals surface area contributed by atoms with Gasteiger partial charge in [-0.2, -0.15) is 0 Å². The molecular weight excluding hydrogens is 273 g/mol. The van der Waals surface area contributed by atoms with Crippen molar-refractivity contribution in [2.45, 2.75) is 32.9 Å². The smallest absolute Gasteiger partial charge is 0.320 e. The molecule has 0 fully saturated rings. The van der Waals surface area contributed by atoms with Crippen molar-refractivity contribution in [1.29, 1.82) is 0 Å². The fraction of sp³-hybridized carbons (Fsp3) is 0.462. The van der Waals surface area contributed by atoms with Crippen molar-refractivity contribution in [2.24, 2.45) is 5.92 Å². The van der Waals surface area contributed by atoms with Crippen LogP contribution >= 0.6 is 23.2 Å². The van der Waals surface area contributed by atoms with Gasteiger partial charge in [0.25, 0.3) is 0 Å². The summed E-state index contributed by atoms with van der Waals surface area (Å²) in [5.74, 6) is -0.532. The maximum absolute atomic E-state index is 11.1. The average Bonchev–Trinajstić information content (AvgIpc) is 2.27. The molecule has 18 heavy (non-hydrogen) atoms. The molecule has 0 amide bonds. The van der Waals surface area contributed by atoms with Crippen LogP contribution in [0.1, 0.15) is 25.8 Å². The highest BCUT2D eigenvalue weighted by Crippen LogP contribution is 2.20. The first-order valence-corrected chi connectivity index (χ1v) is 6.56. The Morgan fingerprint density at radius 1 is 1.39 bits per heavy atom. The summed E-state index contributed by atoms with van der Waals surface area (Å²) in [5.41, 5.74) is 0.805. The number of carboxylic acid groups (broad SMARTS) is 1. The third-order valence-electron chi connectivity index (χ3n) is 2.55. The molecule has 3 nitrogen and oxygen atoms in total. The first kappa shape index (κ1) is 15.3. The molecule has 0 aliphatic heterocycles. The van der Waals surface area contributed by atoms with Crippen LogP contribution in [0.15, 0.2) is 18.2 Å². The van der Waals surface area contributed by atoms with Gasteiger partial charge in [0.1, 0.15) is 6.04 Å². The standard InChI is InChI=1S/C13H17Cl2NO2/c1-8(2)5-12(13(17)18)16-7-9-6-10(14)3-4-11(9)15/h3-4,6,8,12,16H,5,7H2,1-2H3,(H,17,18)/t12-/m0/s1. The maximum Gasteiger partial charge on any atom is 0.320 e. The molecule has 0 heterocycles. The number of aliphatic carboxylic acids is 1. The number of hydrogen-bond acceptors (Lipinski definition) is 2. The van der Waals surface area contributed by atoms with Crippen LogP contribution in [-0.4, -0.2) is 17.1 Å². The summed E-state index contributed by atoms with van der Waals surface area (Å²) >= 11 is 11.9. The fourth-order valence-corrected chi connectivity index (χ4v) is 2.03. The number of carboxylic acids is 1. The van der Waals surface area contributed by atoms with Crippen molar-refractivity contribution in [2.75, 3.05) is 0 Å². The van der Waals surface area contributed by atoms with E-state index in [0.717, 1.165) is 5.56 Å². The molecule has 0 unspecified atom stereocenters. The van der Waals surface area contributed by atoms with Crippen LogP contribution in [0.2, 0.25) is 10.0 Å². The van der Waals surface area contributed by atoms with E-state index in [-0.39, 0.29) is 0 Å². The second-order valence-electron chi connectivity index (χ2n) is 4.64. The molecule has 0 aromatic heterocycles. The van der Waals surface area contributed by atoms with Crippen LogP contribution in [0.4, 0.5) is 0 Å². The SMILES string of the molecule is CC(C)C[C@H](NCc1cc(Cl)ccc1Cl)C(=O)O. The molecule has 0 saturated carbocycles. The van der Waals surface area contributed by atoms with Crippen LogP contribution in [0.3, 0.4) is 0 Å². The largest absolute Gasteiger partial charge is 0.480 e. The lowest BCUT2D eigenvalue weighted by Crippen LogP contribution is -2.37. The van der Waals surface area contributed by atoms with Gasteiger partial charge in [-0.05, 0) is 36.1 Å². The van der Waals surface area contributed by atoms with Gasteiger partial charge in [-0.3, -0.25) is 4.79 Å². The molecule has 1 rings (SSSR count). The molecule has 1 aromatic rings. The molecule has 0 saturated heterocycles. The predicted octanol–water partition coefficient (Wildman–Crippen LogP) is 3.58. The minimum atomic E-state index is -0.846. The highest BCUT2D eigenvalue weighted by molar-refractivity contribution is 6.33. The third-order valence-corrected chi connectivity index (χ3v) is 3.16. The Bertz CT molecular complexity index is 421. The number of benzene rings is 1. The molecule has 5 heteroatoms. The second-order valence-corrected chi connectivity index (χ2v) is 5.48. The first-order chi connectivity index (χ1) is 8.40. The number of halogens is 2. The van der Waals surface area contributed by atoms with Gasteiger partial charge in [0.05, 0.1) is 0 Å².